The molecule has 2 aliphatic carbocycles. The maximum Gasteiger partial charge on any atom is 0.174 e. The predicted octanol–water partition coefficient (Wildman–Crippen LogP) is 2.42. The largest absolute Gasteiger partial charge is 0.493 e. The van der Waals surface area contributed by atoms with E-state index in [0.717, 1.165) is 50.1 Å². The second-order valence-electron chi connectivity index (χ2n) is 8.91. The molecule has 1 saturated carbocycles. The summed E-state index contributed by atoms with van der Waals surface area (Å²) >= 11 is 0. The topological polar surface area (TPSA) is 79.2 Å². The van der Waals surface area contributed by atoms with E-state index in [1.54, 1.807) is 7.11 Å². The van der Waals surface area contributed by atoms with Crippen LogP contribution in [0.4, 0.5) is 0 Å². The van der Waals surface area contributed by atoms with Gasteiger partial charge in [0, 0.05) is 23.4 Å². The van der Waals surface area contributed by atoms with Gasteiger partial charge in [-0.25, -0.2) is 0 Å². The van der Waals surface area contributed by atoms with Gasteiger partial charge in [0.05, 0.1) is 7.11 Å². The summed E-state index contributed by atoms with van der Waals surface area (Å²) in [5.74, 6) is 2.46. The van der Waals surface area contributed by atoms with E-state index in [-0.39, 0.29) is 17.3 Å². The van der Waals surface area contributed by atoms with Crippen molar-refractivity contribution in [3.8, 4) is 11.5 Å². The minimum Gasteiger partial charge on any atom is -0.493 e. The Kier molecular flexibility index (Phi) is 5.62. The number of ether oxygens (including phenoxy) is 2. The maximum absolute atomic E-state index is 12.6. The summed E-state index contributed by atoms with van der Waals surface area (Å²) < 4.78 is 11.8. The number of hydrogen-bond acceptors (Lipinski definition) is 6. The van der Waals surface area contributed by atoms with Crippen molar-refractivity contribution >= 4 is 5.78 Å². The highest BCUT2D eigenvalue weighted by Crippen LogP contribution is 2.63. The van der Waals surface area contributed by atoms with Gasteiger partial charge in [-0.05, 0) is 63.2 Å². The zero-order valence-electron chi connectivity index (χ0n) is 17.7. The fraction of sp³-hybridized carbons (Fsp3) is 0.696. The number of methoxy groups -OCH3 is 1. The van der Waals surface area contributed by atoms with Gasteiger partial charge in [-0.1, -0.05) is 19.4 Å². The van der Waals surface area contributed by atoms with E-state index in [1.165, 1.54) is 11.1 Å². The van der Waals surface area contributed by atoms with E-state index in [2.05, 4.69) is 18.0 Å². The van der Waals surface area contributed by atoms with E-state index < -0.39 is 6.29 Å². The SMILES string of the molecule is CCCCC(O)O.COc1ccc2c3c1O[C@H]1C(=O)CC[C@H]4[C@@H](C2)N(C)CC[C@]314. The van der Waals surface area contributed by atoms with E-state index in [1.807, 2.05) is 13.0 Å². The Bertz CT molecular complexity index is 779. The highest BCUT2D eigenvalue weighted by atomic mass is 16.5. The first-order valence-corrected chi connectivity index (χ1v) is 10.9. The zero-order valence-corrected chi connectivity index (χ0v) is 17.7. The number of ketones is 1. The average molecular weight is 404 g/mol. The first-order valence-electron chi connectivity index (χ1n) is 10.9. The summed E-state index contributed by atoms with van der Waals surface area (Å²) in [7, 11) is 3.91. The Morgan fingerprint density at radius 2 is 2.17 bits per heavy atom. The van der Waals surface area contributed by atoms with Crippen LogP contribution in [0.15, 0.2) is 12.1 Å². The van der Waals surface area contributed by atoms with Crippen molar-refractivity contribution in [2.45, 2.75) is 75.7 Å². The molecular formula is C23H33NO5. The molecule has 5 rings (SSSR count). The molecular weight excluding hydrogens is 370 g/mol. The summed E-state index contributed by atoms with van der Waals surface area (Å²) in [6.07, 6.45) is 4.81. The van der Waals surface area contributed by atoms with Crippen molar-refractivity contribution in [1.82, 2.24) is 4.90 Å². The Labute approximate surface area is 172 Å². The van der Waals surface area contributed by atoms with Gasteiger partial charge in [-0.2, -0.15) is 0 Å². The van der Waals surface area contributed by atoms with Gasteiger partial charge in [-0.3, -0.25) is 4.79 Å². The second-order valence-corrected chi connectivity index (χ2v) is 8.91. The van der Waals surface area contributed by atoms with Crippen LogP contribution in [0.1, 0.15) is 56.6 Å². The van der Waals surface area contributed by atoms with Gasteiger partial charge in [-0.15, -0.1) is 0 Å². The predicted molar refractivity (Wildman–Crippen MR) is 109 cm³/mol. The molecule has 4 aliphatic rings. The van der Waals surface area contributed by atoms with Crippen LogP contribution >= 0.6 is 0 Å². The molecule has 2 bridgehead atoms. The molecule has 6 heteroatoms. The van der Waals surface area contributed by atoms with Gasteiger partial charge in [0.2, 0.25) is 0 Å². The highest BCUT2D eigenvalue weighted by Gasteiger charge is 2.65. The number of carbonyl (C=O) groups is 1. The Hall–Kier alpha value is -1.63. The van der Waals surface area contributed by atoms with Crippen LogP contribution in [0.5, 0.6) is 11.5 Å². The Morgan fingerprint density at radius 1 is 1.38 bits per heavy atom. The lowest BCUT2D eigenvalue weighted by molar-refractivity contribution is -0.138. The van der Waals surface area contributed by atoms with Crippen molar-refractivity contribution < 1.29 is 24.5 Å². The number of likely N-dealkylation sites (tertiary alicyclic amines) is 1. The van der Waals surface area contributed by atoms with Gasteiger partial charge in [0.1, 0.15) is 0 Å². The van der Waals surface area contributed by atoms with Gasteiger partial charge >= 0.3 is 0 Å². The number of aliphatic hydroxyl groups excluding tert-OH is 1. The molecule has 1 aromatic rings. The summed E-state index contributed by atoms with van der Waals surface area (Å²) in [6, 6.07) is 4.73. The number of likely N-dealkylation sites (N-methyl/N-ethyl adjacent to an activating group) is 1. The molecule has 4 atom stereocenters. The Morgan fingerprint density at radius 3 is 2.83 bits per heavy atom. The molecule has 2 N–H and O–H groups in total. The maximum atomic E-state index is 12.6. The fourth-order valence-electron chi connectivity index (χ4n) is 6.06. The third kappa shape index (κ3) is 3.16. The number of rotatable bonds is 4. The van der Waals surface area contributed by atoms with Crippen molar-refractivity contribution in [1.29, 1.82) is 0 Å². The van der Waals surface area contributed by atoms with Crippen LogP contribution in [0.3, 0.4) is 0 Å². The van der Waals surface area contributed by atoms with Gasteiger partial charge < -0.3 is 24.6 Å². The normalized spacial score (nSPS) is 31.7. The summed E-state index contributed by atoms with van der Waals surface area (Å²) in [6.45, 7) is 3.06. The first kappa shape index (κ1) is 20.6. The molecule has 6 nitrogen and oxygen atoms in total. The van der Waals surface area contributed by atoms with E-state index in [9.17, 15) is 4.79 Å². The molecule has 1 spiro atoms. The lowest BCUT2D eigenvalue weighted by atomic mass is 9.52. The van der Waals surface area contributed by atoms with E-state index in [0.29, 0.717) is 24.8 Å². The molecule has 0 unspecified atom stereocenters. The molecule has 2 fully saturated rings. The number of benzene rings is 1. The molecule has 1 saturated heterocycles. The molecule has 160 valence electrons. The minimum absolute atomic E-state index is 0.0933. The number of carbonyl (C=O) groups excluding carboxylic acids is 1. The number of Topliss-reactive ketones (excluding diaryl/α,β-unsaturated/α-hetero) is 1. The van der Waals surface area contributed by atoms with E-state index in [4.69, 9.17) is 19.7 Å². The van der Waals surface area contributed by atoms with Crippen molar-refractivity contribution in [3.63, 3.8) is 0 Å². The smallest absolute Gasteiger partial charge is 0.174 e. The van der Waals surface area contributed by atoms with E-state index >= 15 is 0 Å². The zero-order chi connectivity index (χ0) is 20.8. The summed E-state index contributed by atoms with van der Waals surface area (Å²) in [5, 5.41) is 16.5. The third-order valence-corrected chi connectivity index (χ3v) is 7.41. The number of hydrogen-bond donors (Lipinski definition) is 2. The number of aliphatic hydroxyl groups is 2. The standard InChI is InChI=1S/C18H21NO3.C5H12O2/c1-19-8-7-18-11-4-5-13(20)17(18)22-16-14(21-2)6-3-10(15(16)18)9-12(11)19;1-2-3-4-5(6)7/h3,6,11-12,17H,4-5,7-9H2,1-2H3;5-7H,2-4H2,1H3/t11-,12+,17-,18-;/m0./s1. The molecule has 2 aliphatic heterocycles. The van der Waals surface area contributed by atoms with Gasteiger partial charge in [0.25, 0.3) is 0 Å². The highest BCUT2D eigenvalue weighted by molar-refractivity contribution is 5.89. The molecule has 0 amide bonds. The van der Waals surface area contributed by atoms with Crippen molar-refractivity contribution in [2.24, 2.45) is 5.92 Å². The van der Waals surface area contributed by atoms with Crippen molar-refractivity contribution in [2.75, 3.05) is 20.7 Å². The van der Waals surface area contributed by atoms with Crippen LogP contribution in [-0.2, 0) is 16.6 Å². The second kappa shape index (κ2) is 7.89. The molecule has 0 radical (unpaired) electrons. The average Bonchev–Trinajstić information content (AvgIpc) is 3.06. The quantitative estimate of drug-likeness (QED) is 0.752. The molecule has 2 heterocycles. The van der Waals surface area contributed by atoms with Crippen molar-refractivity contribution in [3.05, 3.63) is 23.3 Å². The first-order chi connectivity index (χ1) is 13.9. The van der Waals surface area contributed by atoms with Crippen LogP contribution in [0.25, 0.3) is 0 Å². The monoisotopic (exact) mass is 403 g/mol. The van der Waals surface area contributed by atoms with Crippen LogP contribution in [-0.4, -0.2) is 60.0 Å². The molecule has 29 heavy (non-hydrogen) atoms. The minimum atomic E-state index is -1.10. The molecule has 0 aromatic heterocycles. The number of nitrogens with zero attached hydrogens (tertiary/aromatic N) is 1. The van der Waals surface area contributed by atoms with Crippen LogP contribution in [0.2, 0.25) is 0 Å². The summed E-state index contributed by atoms with van der Waals surface area (Å²) in [5.41, 5.74) is 2.57. The number of unbranched alkanes of at least 4 members (excludes halogenated alkanes) is 1. The van der Waals surface area contributed by atoms with Gasteiger partial charge in [0.15, 0.2) is 29.7 Å². The summed E-state index contributed by atoms with van der Waals surface area (Å²) in [4.78, 5) is 15.1. The van der Waals surface area contributed by atoms with Crippen LogP contribution < -0.4 is 9.47 Å². The fourth-order valence-corrected chi connectivity index (χ4v) is 6.06. The lowest BCUT2D eigenvalue weighted by Gasteiger charge is -2.57. The lowest BCUT2D eigenvalue weighted by Crippen LogP contribution is -2.65. The van der Waals surface area contributed by atoms with Crippen LogP contribution in [0, 0.1) is 5.92 Å². The Balaban J connectivity index is 0.000000255. The number of piperidine rings is 1. The molecule has 1 aromatic carbocycles. The third-order valence-electron chi connectivity index (χ3n) is 7.41.